The summed E-state index contributed by atoms with van der Waals surface area (Å²) in [6.07, 6.45) is 3.92. The Labute approximate surface area is 182 Å². The van der Waals surface area contributed by atoms with E-state index in [1.165, 1.54) is 11.3 Å². The lowest BCUT2D eigenvalue weighted by molar-refractivity contribution is 0.0981. The third-order valence-corrected chi connectivity index (χ3v) is 6.02. The summed E-state index contributed by atoms with van der Waals surface area (Å²) < 4.78 is 0. The van der Waals surface area contributed by atoms with Gasteiger partial charge in [-0.3, -0.25) is 9.69 Å². The van der Waals surface area contributed by atoms with Gasteiger partial charge in [0.25, 0.3) is 5.56 Å². The number of benzene rings is 1. The number of fused-ring (bicyclic) bond motifs is 1. The van der Waals surface area contributed by atoms with Crippen LogP contribution in [-0.2, 0) is 6.54 Å². The lowest BCUT2D eigenvalue weighted by Crippen LogP contribution is -2.34. The van der Waals surface area contributed by atoms with E-state index in [0.29, 0.717) is 36.6 Å². The molecule has 0 radical (unpaired) electrons. The molecule has 0 spiro atoms. The predicted molar refractivity (Wildman–Crippen MR) is 126 cm³/mol. The van der Waals surface area contributed by atoms with Crippen molar-refractivity contribution in [1.82, 2.24) is 14.9 Å². The number of allylic oxidation sites excluding steroid dienone is 1. The molecule has 2 heterocycles. The summed E-state index contributed by atoms with van der Waals surface area (Å²) in [6, 6.07) is 9.92. The Morgan fingerprint density at radius 3 is 2.73 bits per heavy atom. The van der Waals surface area contributed by atoms with E-state index in [9.17, 15) is 9.90 Å². The second kappa shape index (κ2) is 10.7. The molecule has 0 aliphatic heterocycles. The standard InChI is InChI=1S/C24H31N3O2S/c1-4-5-11-19(28)14-27(13-12-17(2)3)15-21-25-23(29)22-20(16-30-24(22)26-21)18-9-7-6-8-10-18/h4,6-10,16-17,19,28H,1,5,11-15H2,2-3H3,(H,25,26,29). The predicted octanol–water partition coefficient (Wildman–Crippen LogP) is 4.83. The van der Waals surface area contributed by atoms with Gasteiger partial charge in [0.15, 0.2) is 0 Å². The molecule has 0 aliphatic rings. The van der Waals surface area contributed by atoms with E-state index < -0.39 is 6.10 Å². The van der Waals surface area contributed by atoms with E-state index in [0.717, 1.165) is 35.3 Å². The van der Waals surface area contributed by atoms with Crippen molar-refractivity contribution in [3.05, 3.63) is 64.5 Å². The van der Waals surface area contributed by atoms with Gasteiger partial charge in [-0.15, -0.1) is 17.9 Å². The molecule has 5 nitrogen and oxygen atoms in total. The number of aromatic nitrogens is 2. The highest BCUT2D eigenvalue weighted by molar-refractivity contribution is 7.17. The minimum absolute atomic E-state index is 0.105. The van der Waals surface area contributed by atoms with E-state index in [-0.39, 0.29) is 5.56 Å². The van der Waals surface area contributed by atoms with Gasteiger partial charge in [-0.1, -0.05) is 50.3 Å². The third kappa shape index (κ3) is 5.88. The fraction of sp³-hybridized carbons (Fsp3) is 0.417. The van der Waals surface area contributed by atoms with Crippen LogP contribution in [0.5, 0.6) is 0 Å². The first-order valence-corrected chi connectivity index (χ1v) is 11.4. The van der Waals surface area contributed by atoms with E-state index >= 15 is 0 Å². The Bertz CT molecular complexity index is 1010. The summed E-state index contributed by atoms with van der Waals surface area (Å²) in [4.78, 5) is 23.6. The normalized spacial score (nSPS) is 12.7. The van der Waals surface area contributed by atoms with Gasteiger partial charge in [0.2, 0.25) is 0 Å². The molecule has 6 heteroatoms. The second-order valence-electron chi connectivity index (χ2n) is 8.15. The molecule has 1 aromatic carbocycles. The van der Waals surface area contributed by atoms with Crippen LogP contribution < -0.4 is 5.56 Å². The first-order chi connectivity index (χ1) is 14.5. The minimum atomic E-state index is -0.419. The number of hydrogen-bond donors (Lipinski definition) is 2. The number of H-pyrrole nitrogens is 1. The monoisotopic (exact) mass is 425 g/mol. The van der Waals surface area contributed by atoms with Crippen LogP contribution in [0, 0.1) is 5.92 Å². The van der Waals surface area contributed by atoms with Crippen molar-refractivity contribution >= 4 is 21.6 Å². The highest BCUT2D eigenvalue weighted by Gasteiger charge is 2.17. The smallest absolute Gasteiger partial charge is 0.260 e. The molecule has 0 amide bonds. The number of rotatable bonds is 11. The highest BCUT2D eigenvalue weighted by atomic mass is 32.1. The van der Waals surface area contributed by atoms with Crippen molar-refractivity contribution in [1.29, 1.82) is 0 Å². The van der Waals surface area contributed by atoms with Gasteiger partial charge in [0.05, 0.1) is 18.0 Å². The number of aliphatic hydroxyl groups excluding tert-OH is 1. The average molecular weight is 426 g/mol. The van der Waals surface area contributed by atoms with Crippen LogP contribution in [0.2, 0.25) is 0 Å². The maximum atomic E-state index is 12.9. The Morgan fingerprint density at radius 1 is 1.27 bits per heavy atom. The van der Waals surface area contributed by atoms with Gasteiger partial charge >= 0.3 is 0 Å². The second-order valence-corrected chi connectivity index (χ2v) is 9.00. The van der Waals surface area contributed by atoms with Crippen LogP contribution in [0.1, 0.15) is 38.9 Å². The van der Waals surface area contributed by atoms with E-state index in [4.69, 9.17) is 4.98 Å². The van der Waals surface area contributed by atoms with Gasteiger partial charge in [0, 0.05) is 17.5 Å². The first kappa shape index (κ1) is 22.4. The molecule has 0 saturated carbocycles. The summed E-state index contributed by atoms with van der Waals surface area (Å²) in [5, 5.41) is 13.0. The molecule has 1 atom stereocenters. The Kier molecular flexibility index (Phi) is 7.96. The molecule has 30 heavy (non-hydrogen) atoms. The van der Waals surface area contributed by atoms with Gasteiger partial charge in [-0.05, 0) is 37.3 Å². The zero-order chi connectivity index (χ0) is 21.5. The van der Waals surface area contributed by atoms with E-state index in [1.807, 2.05) is 41.8 Å². The van der Waals surface area contributed by atoms with Gasteiger partial charge in [0.1, 0.15) is 10.7 Å². The number of nitrogens with one attached hydrogen (secondary N) is 1. The molecule has 3 rings (SSSR count). The van der Waals surface area contributed by atoms with Crippen LogP contribution in [0.15, 0.2) is 53.2 Å². The number of aliphatic hydroxyl groups is 1. The topological polar surface area (TPSA) is 69.2 Å². The molecule has 0 fully saturated rings. The molecule has 3 aromatic rings. The Balaban J connectivity index is 1.83. The number of aromatic amines is 1. The minimum Gasteiger partial charge on any atom is -0.392 e. The van der Waals surface area contributed by atoms with Gasteiger partial charge < -0.3 is 10.1 Å². The summed E-state index contributed by atoms with van der Waals surface area (Å²) >= 11 is 1.50. The molecular weight excluding hydrogens is 394 g/mol. The molecule has 0 bridgehead atoms. The van der Waals surface area contributed by atoms with Crippen molar-refractivity contribution in [3.63, 3.8) is 0 Å². The number of thiophene rings is 1. The molecule has 160 valence electrons. The van der Waals surface area contributed by atoms with Crippen LogP contribution >= 0.6 is 11.3 Å². The first-order valence-electron chi connectivity index (χ1n) is 10.5. The molecule has 0 aliphatic carbocycles. The van der Waals surface area contributed by atoms with Crippen molar-refractivity contribution in [2.75, 3.05) is 13.1 Å². The summed E-state index contributed by atoms with van der Waals surface area (Å²) in [5.41, 5.74) is 1.84. The molecule has 0 saturated heterocycles. The Morgan fingerprint density at radius 2 is 2.03 bits per heavy atom. The maximum absolute atomic E-state index is 12.9. The van der Waals surface area contributed by atoms with Crippen LogP contribution in [-0.4, -0.2) is 39.2 Å². The quantitative estimate of drug-likeness (QED) is 0.432. The van der Waals surface area contributed by atoms with Crippen LogP contribution in [0.3, 0.4) is 0 Å². The SMILES string of the molecule is C=CCCC(O)CN(CCC(C)C)Cc1nc2scc(-c3ccccc3)c2c(=O)[nH]1. The van der Waals surface area contributed by atoms with Crippen molar-refractivity contribution < 1.29 is 5.11 Å². The molecular formula is C24H31N3O2S. The largest absolute Gasteiger partial charge is 0.392 e. The maximum Gasteiger partial charge on any atom is 0.260 e. The van der Waals surface area contributed by atoms with Gasteiger partial charge in [-0.25, -0.2) is 4.98 Å². The van der Waals surface area contributed by atoms with Crippen molar-refractivity contribution in [2.45, 2.75) is 45.8 Å². The highest BCUT2D eigenvalue weighted by Crippen LogP contribution is 2.30. The Hall–Kier alpha value is -2.28. The lowest BCUT2D eigenvalue weighted by atomic mass is 10.1. The van der Waals surface area contributed by atoms with E-state index in [1.54, 1.807) is 0 Å². The van der Waals surface area contributed by atoms with E-state index in [2.05, 4.69) is 30.3 Å². The fourth-order valence-electron chi connectivity index (χ4n) is 3.49. The fourth-order valence-corrected chi connectivity index (χ4v) is 4.45. The van der Waals surface area contributed by atoms with Crippen LogP contribution in [0.4, 0.5) is 0 Å². The molecule has 1 unspecified atom stereocenters. The molecule has 2 aromatic heterocycles. The zero-order valence-corrected chi connectivity index (χ0v) is 18.6. The number of nitrogens with zero attached hydrogens (tertiary/aromatic N) is 2. The van der Waals surface area contributed by atoms with Gasteiger partial charge in [-0.2, -0.15) is 0 Å². The van der Waals surface area contributed by atoms with Crippen molar-refractivity contribution in [3.8, 4) is 11.1 Å². The number of hydrogen-bond acceptors (Lipinski definition) is 5. The summed E-state index contributed by atoms with van der Waals surface area (Å²) in [6.45, 7) is 10.0. The van der Waals surface area contributed by atoms with Crippen LogP contribution in [0.25, 0.3) is 21.3 Å². The third-order valence-electron chi connectivity index (χ3n) is 5.15. The average Bonchev–Trinajstić information content (AvgIpc) is 3.15. The lowest BCUT2D eigenvalue weighted by Gasteiger charge is -2.25. The zero-order valence-electron chi connectivity index (χ0n) is 17.8. The summed E-state index contributed by atoms with van der Waals surface area (Å²) in [5.74, 6) is 1.21. The summed E-state index contributed by atoms with van der Waals surface area (Å²) in [7, 11) is 0. The van der Waals surface area contributed by atoms with Crippen molar-refractivity contribution in [2.24, 2.45) is 5.92 Å². The molecule has 2 N–H and O–H groups in total.